The fourth-order valence-electron chi connectivity index (χ4n) is 0.790. The molecule has 0 radical (unpaired) electrons. The zero-order valence-corrected chi connectivity index (χ0v) is 7.56. The van der Waals surface area contributed by atoms with Crippen LogP contribution in [-0.4, -0.2) is 27.9 Å². The first-order chi connectivity index (χ1) is 6.18. The molecule has 0 aliphatic rings. The number of hydrogen-bond acceptors (Lipinski definition) is 3. The van der Waals surface area contributed by atoms with E-state index < -0.39 is 6.09 Å². The largest absolute Gasteiger partial charge is 0.464 e. The van der Waals surface area contributed by atoms with Gasteiger partial charge in [0.2, 0.25) is 0 Å². The van der Waals surface area contributed by atoms with Crippen molar-refractivity contribution in [1.29, 1.82) is 0 Å². The highest BCUT2D eigenvalue weighted by Gasteiger charge is 1.90. The van der Waals surface area contributed by atoms with Gasteiger partial charge in [-0.3, -0.25) is 4.98 Å². The van der Waals surface area contributed by atoms with Crippen molar-refractivity contribution in [2.45, 2.75) is 6.92 Å². The lowest BCUT2D eigenvalue weighted by molar-refractivity contribution is 0.195. The monoisotopic (exact) mass is 197 g/mol. The summed E-state index contributed by atoms with van der Waals surface area (Å²) in [7, 11) is 0. The smallest absolute Gasteiger partial charge is 0.425 e. The minimum Gasteiger partial charge on any atom is -0.464 e. The highest BCUT2D eigenvalue weighted by atomic mass is 16.4. The van der Waals surface area contributed by atoms with Crippen molar-refractivity contribution in [3.63, 3.8) is 0 Å². The normalized spacial score (nSPS) is 9.50. The van der Waals surface area contributed by atoms with Gasteiger partial charge >= 0.3 is 6.09 Å². The first-order valence-electron chi connectivity index (χ1n) is 3.64. The summed E-state index contributed by atoms with van der Waals surface area (Å²) in [6, 6.07) is 5.41. The van der Waals surface area contributed by atoms with E-state index in [4.69, 9.17) is 5.11 Å². The number of aryl methyl sites for hydroxylation is 1. The second-order valence-electron chi connectivity index (χ2n) is 2.38. The maximum atomic E-state index is 10.0. The molecule has 0 bridgehead atoms. The van der Waals surface area contributed by atoms with Crippen LogP contribution in [0.5, 0.6) is 0 Å². The Morgan fingerprint density at radius 1 is 1.64 bits per heavy atom. The van der Waals surface area contributed by atoms with E-state index in [1.807, 2.05) is 24.5 Å². The number of pyridine rings is 1. The molecule has 0 aliphatic heterocycles. The molecule has 0 fully saturated rings. The van der Waals surface area contributed by atoms with Crippen LogP contribution in [0.1, 0.15) is 11.4 Å². The zero-order valence-electron chi connectivity index (χ0n) is 7.56. The topological polar surface area (TPSA) is 106 Å². The number of amides is 1. The van der Waals surface area contributed by atoms with Gasteiger partial charge in [-0.2, -0.15) is 5.10 Å². The van der Waals surface area contributed by atoms with E-state index in [0.717, 1.165) is 5.69 Å². The number of nitrogens with zero attached hydrogens (tertiary/aromatic N) is 2. The minimum absolute atomic E-state index is 0. The van der Waals surface area contributed by atoms with Crippen LogP contribution in [0.25, 0.3) is 0 Å². The summed E-state index contributed by atoms with van der Waals surface area (Å²) in [6.45, 7) is 1.85. The van der Waals surface area contributed by atoms with Crippen molar-refractivity contribution in [2.75, 3.05) is 0 Å². The van der Waals surface area contributed by atoms with Crippen LogP contribution in [-0.2, 0) is 0 Å². The molecule has 0 unspecified atom stereocenters. The summed E-state index contributed by atoms with van der Waals surface area (Å²) >= 11 is 0. The average Bonchev–Trinajstić information content (AvgIpc) is 2.03. The van der Waals surface area contributed by atoms with Crippen LogP contribution < -0.4 is 5.43 Å². The molecule has 1 aromatic heterocycles. The predicted octanol–water partition coefficient (Wildman–Crippen LogP) is 0.167. The zero-order chi connectivity index (χ0) is 9.68. The SMILES string of the molecule is Cc1cccc(C=NNC(=O)O)n1.O. The van der Waals surface area contributed by atoms with E-state index in [1.54, 1.807) is 6.07 Å². The average molecular weight is 197 g/mol. The lowest BCUT2D eigenvalue weighted by Gasteiger charge is -1.93. The van der Waals surface area contributed by atoms with E-state index in [1.165, 1.54) is 6.21 Å². The molecule has 4 N–H and O–H groups in total. The molecular formula is C8H11N3O3. The summed E-state index contributed by atoms with van der Waals surface area (Å²) in [5, 5.41) is 11.6. The number of hydrazone groups is 1. The fraction of sp³-hybridized carbons (Fsp3) is 0.125. The Morgan fingerprint density at radius 3 is 2.93 bits per heavy atom. The summed E-state index contributed by atoms with van der Waals surface area (Å²) in [4.78, 5) is 14.1. The number of aromatic nitrogens is 1. The first kappa shape index (κ1) is 12.0. The molecule has 0 saturated heterocycles. The molecule has 1 heterocycles. The molecule has 1 rings (SSSR count). The third-order valence-electron chi connectivity index (χ3n) is 1.27. The highest BCUT2D eigenvalue weighted by Crippen LogP contribution is 1.94. The van der Waals surface area contributed by atoms with Crippen LogP contribution >= 0.6 is 0 Å². The minimum atomic E-state index is -1.19. The molecule has 76 valence electrons. The summed E-state index contributed by atoms with van der Waals surface area (Å²) < 4.78 is 0. The second-order valence-corrected chi connectivity index (χ2v) is 2.38. The number of carbonyl (C=O) groups is 1. The van der Waals surface area contributed by atoms with E-state index in [-0.39, 0.29) is 5.48 Å². The quantitative estimate of drug-likeness (QED) is 0.521. The fourth-order valence-corrected chi connectivity index (χ4v) is 0.790. The van der Waals surface area contributed by atoms with Gasteiger partial charge in [0, 0.05) is 5.69 Å². The van der Waals surface area contributed by atoms with Crippen molar-refractivity contribution in [3.05, 3.63) is 29.6 Å². The molecule has 0 atom stereocenters. The molecule has 6 nitrogen and oxygen atoms in total. The lowest BCUT2D eigenvalue weighted by atomic mass is 10.3. The van der Waals surface area contributed by atoms with Gasteiger partial charge < -0.3 is 10.6 Å². The molecule has 6 heteroatoms. The van der Waals surface area contributed by atoms with Gasteiger partial charge in [0.05, 0.1) is 11.9 Å². The molecule has 0 spiro atoms. The Morgan fingerprint density at radius 2 is 2.36 bits per heavy atom. The van der Waals surface area contributed by atoms with Crippen LogP contribution in [0.2, 0.25) is 0 Å². The van der Waals surface area contributed by atoms with Gasteiger partial charge in [0.25, 0.3) is 0 Å². The Balaban J connectivity index is 0.00000169. The van der Waals surface area contributed by atoms with Crippen LogP contribution in [0.3, 0.4) is 0 Å². The number of rotatable bonds is 2. The summed E-state index contributed by atoms with van der Waals surface area (Å²) in [6.07, 6.45) is 0.158. The molecule has 14 heavy (non-hydrogen) atoms. The van der Waals surface area contributed by atoms with E-state index >= 15 is 0 Å². The molecule has 1 aromatic rings. The molecule has 0 aromatic carbocycles. The van der Waals surface area contributed by atoms with E-state index in [0.29, 0.717) is 5.69 Å². The lowest BCUT2D eigenvalue weighted by Crippen LogP contribution is -2.13. The molecular weight excluding hydrogens is 186 g/mol. The highest BCUT2D eigenvalue weighted by molar-refractivity contribution is 5.78. The van der Waals surface area contributed by atoms with Gasteiger partial charge in [-0.25, -0.2) is 10.2 Å². The molecule has 1 amide bonds. The standard InChI is InChI=1S/C8H9N3O2.H2O/c1-6-3-2-4-7(10-6)5-9-11-8(12)13;/h2-5,11H,1H3,(H,12,13);1H2. The van der Waals surface area contributed by atoms with E-state index in [9.17, 15) is 4.79 Å². The number of hydrogen-bond donors (Lipinski definition) is 2. The Kier molecular flexibility index (Phi) is 4.87. The Hall–Kier alpha value is -1.95. The third kappa shape index (κ3) is 4.17. The van der Waals surface area contributed by atoms with Crippen molar-refractivity contribution in [2.24, 2.45) is 5.10 Å². The second kappa shape index (κ2) is 5.65. The summed E-state index contributed by atoms with van der Waals surface area (Å²) in [5.41, 5.74) is 3.34. The van der Waals surface area contributed by atoms with Crippen LogP contribution in [0.15, 0.2) is 23.3 Å². The van der Waals surface area contributed by atoms with Gasteiger partial charge in [0.15, 0.2) is 0 Å². The molecule has 0 aliphatic carbocycles. The summed E-state index contributed by atoms with van der Waals surface area (Å²) in [5.74, 6) is 0. The maximum Gasteiger partial charge on any atom is 0.425 e. The van der Waals surface area contributed by atoms with Gasteiger partial charge in [-0.05, 0) is 19.1 Å². The van der Waals surface area contributed by atoms with Crippen molar-refractivity contribution >= 4 is 12.3 Å². The third-order valence-corrected chi connectivity index (χ3v) is 1.27. The Bertz CT molecular complexity index is 338. The maximum absolute atomic E-state index is 10.0. The van der Waals surface area contributed by atoms with Gasteiger partial charge in [-0.1, -0.05) is 6.07 Å². The first-order valence-corrected chi connectivity index (χ1v) is 3.64. The van der Waals surface area contributed by atoms with Crippen LogP contribution in [0, 0.1) is 6.92 Å². The van der Waals surface area contributed by atoms with Crippen molar-refractivity contribution < 1.29 is 15.4 Å². The van der Waals surface area contributed by atoms with Crippen molar-refractivity contribution in [3.8, 4) is 0 Å². The van der Waals surface area contributed by atoms with E-state index in [2.05, 4.69) is 10.1 Å². The van der Waals surface area contributed by atoms with Crippen molar-refractivity contribution in [1.82, 2.24) is 10.4 Å². The Labute approximate surface area is 80.6 Å². The van der Waals surface area contributed by atoms with Gasteiger partial charge in [-0.15, -0.1) is 0 Å². The van der Waals surface area contributed by atoms with Crippen LogP contribution in [0.4, 0.5) is 4.79 Å². The number of carboxylic acid groups (broad SMARTS) is 1. The predicted molar refractivity (Wildman–Crippen MR) is 51.3 cm³/mol. The van der Waals surface area contributed by atoms with Gasteiger partial charge in [0.1, 0.15) is 0 Å². The number of nitrogens with one attached hydrogen (secondary N) is 1. The molecule has 0 saturated carbocycles.